The lowest BCUT2D eigenvalue weighted by molar-refractivity contribution is -0.136. The molecule has 0 aromatic carbocycles. The minimum atomic E-state index is -0.995. The van der Waals surface area contributed by atoms with Crippen LogP contribution in [-0.4, -0.2) is 17.0 Å². The van der Waals surface area contributed by atoms with Crippen LogP contribution in [0.2, 0.25) is 0 Å². The van der Waals surface area contributed by atoms with Crippen molar-refractivity contribution in [3.63, 3.8) is 0 Å². The van der Waals surface area contributed by atoms with Gasteiger partial charge in [0, 0.05) is 5.57 Å². The third-order valence-electron chi connectivity index (χ3n) is 0.591. The Morgan fingerprint density at radius 1 is 1.75 bits per heavy atom. The SMILES string of the molecule is CC(=C=O)CC(=O)O. The second kappa shape index (κ2) is 2.99. The molecule has 0 aromatic rings. The van der Waals surface area contributed by atoms with Crippen LogP contribution < -0.4 is 0 Å². The summed E-state index contributed by atoms with van der Waals surface area (Å²) in [6.07, 6.45) is -0.205. The van der Waals surface area contributed by atoms with Crippen molar-refractivity contribution in [1.82, 2.24) is 0 Å². The molecule has 0 amide bonds. The number of aliphatic carboxylic acids is 1. The maximum absolute atomic E-state index is 9.77. The quantitative estimate of drug-likeness (QED) is 0.523. The van der Waals surface area contributed by atoms with Crippen LogP contribution in [0, 0.1) is 0 Å². The highest BCUT2D eigenvalue weighted by atomic mass is 16.4. The summed E-state index contributed by atoms with van der Waals surface area (Å²) in [5, 5.41) is 8.02. The normalized spacial score (nSPS) is 7.62. The Hall–Kier alpha value is -1.08. The summed E-state index contributed by atoms with van der Waals surface area (Å²) in [7, 11) is 0. The first-order valence-electron chi connectivity index (χ1n) is 2.09. The van der Waals surface area contributed by atoms with Gasteiger partial charge in [-0.25, -0.2) is 4.79 Å². The highest BCUT2D eigenvalue weighted by Gasteiger charge is 1.96. The van der Waals surface area contributed by atoms with E-state index in [0.29, 0.717) is 0 Å². The number of rotatable bonds is 2. The number of carbonyl (C=O) groups excluding carboxylic acids is 1. The lowest BCUT2D eigenvalue weighted by Crippen LogP contribution is -1.94. The molecule has 0 radical (unpaired) electrons. The van der Waals surface area contributed by atoms with Gasteiger partial charge in [-0.1, -0.05) is 0 Å². The van der Waals surface area contributed by atoms with Crippen LogP contribution in [0.25, 0.3) is 0 Å². The molecule has 0 aliphatic heterocycles. The van der Waals surface area contributed by atoms with Crippen LogP contribution in [0.5, 0.6) is 0 Å². The fourth-order valence-corrected chi connectivity index (χ4v) is 0.263. The minimum absolute atomic E-state index is 0.205. The molecular formula is C5H6O3. The number of carboxylic acids is 1. The van der Waals surface area contributed by atoms with Crippen molar-refractivity contribution in [2.45, 2.75) is 13.3 Å². The second-order valence-electron chi connectivity index (χ2n) is 1.45. The molecule has 0 spiro atoms. The zero-order chi connectivity index (χ0) is 6.57. The second-order valence-corrected chi connectivity index (χ2v) is 1.45. The van der Waals surface area contributed by atoms with E-state index in [0.717, 1.165) is 0 Å². The third-order valence-corrected chi connectivity index (χ3v) is 0.591. The van der Waals surface area contributed by atoms with E-state index >= 15 is 0 Å². The first-order chi connectivity index (χ1) is 3.66. The molecule has 0 atom stereocenters. The van der Waals surface area contributed by atoms with Crippen molar-refractivity contribution >= 4 is 11.9 Å². The Bertz CT molecular complexity index is 142. The summed E-state index contributed by atoms with van der Waals surface area (Å²) in [5.74, 6) is 0.488. The van der Waals surface area contributed by atoms with E-state index in [-0.39, 0.29) is 12.0 Å². The van der Waals surface area contributed by atoms with E-state index < -0.39 is 5.97 Å². The zero-order valence-corrected chi connectivity index (χ0v) is 4.47. The van der Waals surface area contributed by atoms with Crippen LogP contribution in [0.1, 0.15) is 13.3 Å². The molecule has 3 heteroatoms. The Kier molecular flexibility index (Phi) is 2.59. The van der Waals surface area contributed by atoms with E-state index in [9.17, 15) is 9.59 Å². The Labute approximate surface area is 46.6 Å². The number of carbonyl (C=O) groups is 1. The van der Waals surface area contributed by atoms with E-state index in [4.69, 9.17) is 5.11 Å². The van der Waals surface area contributed by atoms with Crippen molar-refractivity contribution < 1.29 is 14.7 Å². The monoisotopic (exact) mass is 114 g/mol. The van der Waals surface area contributed by atoms with Gasteiger partial charge < -0.3 is 5.11 Å². The molecule has 44 valence electrons. The summed E-state index contributed by atoms with van der Waals surface area (Å²) >= 11 is 0. The molecule has 0 saturated heterocycles. The average molecular weight is 114 g/mol. The summed E-state index contributed by atoms with van der Waals surface area (Å²) < 4.78 is 0. The molecule has 0 aliphatic rings. The zero-order valence-electron chi connectivity index (χ0n) is 4.47. The predicted octanol–water partition coefficient (Wildman–Crippen LogP) is 0.239. The smallest absolute Gasteiger partial charge is 0.308 e. The van der Waals surface area contributed by atoms with E-state index in [1.165, 1.54) is 12.9 Å². The number of carboxylic acid groups (broad SMARTS) is 1. The molecule has 0 unspecified atom stereocenters. The number of hydrogen-bond acceptors (Lipinski definition) is 2. The van der Waals surface area contributed by atoms with Gasteiger partial charge in [-0.05, 0) is 6.92 Å². The molecule has 0 bridgehead atoms. The number of hydrogen-bond donors (Lipinski definition) is 1. The van der Waals surface area contributed by atoms with E-state index in [1.807, 2.05) is 0 Å². The third kappa shape index (κ3) is 3.12. The Balaban J connectivity index is 3.74. The topological polar surface area (TPSA) is 54.4 Å². The minimum Gasteiger partial charge on any atom is -0.481 e. The fourth-order valence-electron chi connectivity index (χ4n) is 0.263. The van der Waals surface area contributed by atoms with Gasteiger partial charge in [0.05, 0.1) is 6.42 Å². The van der Waals surface area contributed by atoms with Gasteiger partial charge in [0.2, 0.25) is 0 Å². The van der Waals surface area contributed by atoms with Gasteiger partial charge >= 0.3 is 5.97 Å². The van der Waals surface area contributed by atoms with Gasteiger partial charge in [-0.2, -0.15) is 0 Å². The largest absolute Gasteiger partial charge is 0.481 e. The maximum Gasteiger partial charge on any atom is 0.308 e. The first kappa shape index (κ1) is 6.92. The van der Waals surface area contributed by atoms with Crippen molar-refractivity contribution in [3.8, 4) is 0 Å². The first-order valence-corrected chi connectivity index (χ1v) is 2.09. The van der Waals surface area contributed by atoms with Crippen LogP contribution in [-0.2, 0) is 9.59 Å². The molecule has 3 nitrogen and oxygen atoms in total. The lowest BCUT2D eigenvalue weighted by atomic mass is 10.2. The molecule has 0 heterocycles. The van der Waals surface area contributed by atoms with Crippen molar-refractivity contribution in [2.24, 2.45) is 0 Å². The van der Waals surface area contributed by atoms with Crippen LogP contribution in [0.4, 0.5) is 0 Å². The van der Waals surface area contributed by atoms with Crippen molar-refractivity contribution in [3.05, 3.63) is 5.57 Å². The molecule has 0 rings (SSSR count). The van der Waals surface area contributed by atoms with Gasteiger partial charge in [0.1, 0.15) is 5.94 Å². The Morgan fingerprint density at radius 2 is 2.25 bits per heavy atom. The molecular weight excluding hydrogens is 108 g/mol. The maximum atomic E-state index is 9.77. The summed E-state index contributed by atoms with van der Waals surface area (Å²) in [4.78, 5) is 19.4. The fraction of sp³-hybridized carbons (Fsp3) is 0.400. The Morgan fingerprint density at radius 3 is 2.38 bits per heavy atom. The predicted molar refractivity (Wildman–Crippen MR) is 27.1 cm³/mol. The van der Waals surface area contributed by atoms with Crippen molar-refractivity contribution in [1.29, 1.82) is 0 Å². The molecule has 0 aromatic heterocycles. The summed E-state index contributed by atoms with van der Waals surface area (Å²) in [5.41, 5.74) is 0.220. The highest BCUT2D eigenvalue weighted by Crippen LogP contribution is 1.91. The molecule has 0 saturated carbocycles. The molecule has 0 aliphatic carbocycles. The van der Waals surface area contributed by atoms with Crippen LogP contribution in [0.3, 0.4) is 0 Å². The van der Waals surface area contributed by atoms with Gasteiger partial charge in [0.15, 0.2) is 0 Å². The standard InChI is InChI=1S/C5H6O3/c1-4(3-6)2-5(7)8/h2H2,1H3,(H,7,8). The van der Waals surface area contributed by atoms with Gasteiger partial charge in [-0.3, -0.25) is 4.79 Å². The molecule has 1 N–H and O–H groups in total. The van der Waals surface area contributed by atoms with Gasteiger partial charge in [-0.15, -0.1) is 0 Å². The van der Waals surface area contributed by atoms with E-state index in [1.54, 1.807) is 0 Å². The average Bonchev–Trinajstić information content (AvgIpc) is 1.65. The molecule has 0 fully saturated rings. The van der Waals surface area contributed by atoms with Gasteiger partial charge in [0.25, 0.3) is 0 Å². The summed E-state index contributed by atoms with van der Waals surface area (Å²) in [6, 6.07) is 0. The lowest BCUT2D eigenvalue weighted by Gasteiger charge is -1.84. The highest BCUT2D eigenvalue weighted by molar-refractivity contribution is 5.73. The summed E-state index contributed by atoms with van der Waals surface area (Å²) in [6.45, 7) is 1.43. The van der Waals surface area contributed by atoms with Crippen LogP contribution in [0.15, 0.2) is 5.57 Å². The van der Waals surface area contributed by atoms with E-state index in [2.05, 4.69) is 0 Å². The molecule has 8 heavy (non-hydrogen) atoms. The van der Waals surface area contributed by atoms with Crippen molar-refractivity contribution in [2.75, 3.05) is 0 Å². The van der Waals surface area contributed by atoms with Crippen LogP contribution >= 0.6 is 0 Å².